The first-order valence-corrected chi connectivity index (χ1v) is 10.5. The molecule has 0 unspecified atom stereocenters. The van der Waals surface area contributed by atoms with Crippen LogP contribution in [-0.2, 0) is 0 Å². The van der Waals surface area contributed by atoms with E-state index in [1.807, 2.05) is 0 Å². The summed E-state index contributed by atoms with van der Waals surface area (Å²) in [6, 6.07) is 5.58. The van der Waals surface area contributed by atoms with E-state index in [1.54, 1.807) is 18.0 Å². The van der Waals surface area contributed by atoms with Gasteiger partial charge < -0.3 is 24.4 Å². The number of hydrogen-bond acceptors (Lipinski definition) is 7. The molecule has 1 fully saturated rings. The maximum Gasteiger partial charge on any atom is 0.296 e. The highest BCUT2D eigenvalue weighted by molar-refractivity contribution is 6.32. The van der Waals surface area contributed by atoms with Crippen molar-refractivity contribution in [1.82, 2.24) is 14.9 Å². The number of methoxy groups -OCH3 is 2. The average molecular weight is 483 g/mol. The van der Waals surface area contributed by atoms with Gasteiger partial charge in [-0.2, -0.15) is 0 Å². The first kappa shape index (κ1) is 23.2. The van der Waals surface area contributed by atoms with E-state index in [1.165, 1.54) is 32.7 Å². The minimum absolute atomic E-state index is 0.0302. The number of nitrogens with one attached hydrogen (secondary N) is 1. The second-order valence-electron chi connectivity index (χ2n) is 7.73. The van der Waals surface area contributed by atoms with Crippen LogP contribution in [0.15, 0.2) is 30.6 Å². The fourth-order valence-corrected chi connectivity index (χ4v) is 3.96. The second kappa shape index (κ2) is 9.11. The van der Waals surface area contributed by atoms with E-state index in [4.69, 9.17) is 25.8 Å². The number of ether oxygens (including phenoxy) is 3. The summed E-state index contributed by atoms with van der Waals surface area (Å²) >= 11 is 5.98. The van der Waals surface area contributed by atoms with Gasteiger partial charge in [0.1, 0.15) is 35.2 Å². The molecular weight excluding hydrogens is 461 g/mol. The molecule has 0 bridgehead atoms. The molecule has 3 aromatic rings. The molecule has 33 heavy (non-hydrogen) atoms. The Morgan fingerprint density at radius 3 is 2.61 bits per heavy atom. The van der Waals surface area contributed by atoms with Gasteiger partial charge in [0.25, 0.3) is 5.92 Å². The van der Waals surface area contributed by atoms with Crippen LogP contribution in [0.1, 0.15) is 6.42 Å². The maximum absolute atomic E-state index is 14.7. The lowest BCUT2D eigenvalue weighted by Crippen LogP contribution is -2.52. The molecule has 2 heterocycles. The predicted molar refractivity (Wildman–Crippen MR) is 119 cm³/mol. The molecule has 0 amide bonds. The van der Waals surface area contributed by atoms with Crippen molar-refractivity contribution in [2.24, 2.45) is 0 Å². The number of halogens is 4. The Balaban J connectivity index is 1.79. The molecule has 1 N–H and O–H groups in total. The fourth-order valence-electron chi connectivity index (χ4n) is 3.73. The third-order valence-corrected chi connectivity index (χ3v) is 5.69. The Bertz CT molecular complexity index is 1180. The number of aromatic nitrogens is 2. The molecular formula is C22H22ClF3N4O3. The topological polar surface area (TPSA) is 68.7 Å². The lowest BCUT2D eigenvalue weighted by Gasteiger charge is -2.36. The molecule has 1 atom stereocenters. The van der Waals surface area contributed by atoms with Crippen molar-refractivity contribution >= 4 is 34.0 Å². The van der Waals surface area contributed by atoms with Gasteiger partial charge in [-0.3, -0.25) is 0 Å². The molecule has 1 aromatic heterocycles. The van der Waals surface area contributed by atoms with Gasteiger partial charge in [-0.05, 0) is 13.1 Å². The minimum atomic E-state index is -3.07. The van der Waals surface area contributed by atoms with Gasteiger partial charge in [-0.15, -0.1) is 0 Å². The molecule has 7 nitrogen and oxygen atoms in total. The normalized spacial score (nSPS) is 18.2. The number of piperidine rings is 1. The SMILES string of the molecule is COc1cc(O[C@H]2CCN(C)CC2(F)F)c2c(Nc3cc(OC)c(Cl)cc3F)ncnc2c1. The van der Waals surface area contributed by atoms with Crippen molar-refractivity contribution in [1.29, 1.82) is 0 Å². The van der Waals surface area contributed by atoms with Crippen LogP contribution in [0.4, 0.5) is 24.7 Å². The lowest BCUT2D eigenvalue weighted by atomic mass is 10.0. The van der Waals surface area contributed by atoms with Crippen molar-refractivity contribution in [3.8, 4) is 17.2 Å². The standard InChI is InChI=1S/C22H22ClF3N4O3/c1-30-5-4-19(22(25,26)10-30)33-18-7-12(31-2)6-16-20(18)21(28-11-27-16)29-15-9-17(32-3)13(23)8-14(15)24/h6-9,11,19H,4-5,10H2,1-3H3,(H,27,28,29)/t19-/m0/s1. The number of hydrogen-bond donors (Lipinski definition) is 1. The Morgan fingerprint density at radius 1 is 1.12 bits per heavy atom. The zero-order chi connectivity index (χ0) is 23.8. The second-order valence-corrected chi connectivity index (χ2v) is 8.13. The number of rotatable bonds is 6. The van der Waals surface area contributed by atoms with Crippen LogP contribution < -0.4 is 19.5 Å². The number of fused-ring (bicyclic) bond motifs is 1. The Labute approximate surface area is 193 Å². The zero-order valence-corrected chi connectivity index (χ0v) is 18.9. The number of likely N-dealkylation sites (tertiary alicyclic amines) is 1. The summed E-state index contributed by atoms with van der Waals surface area (Å²) in [5.74, 6) is -2.83. The smallest absolute Gasteiger partial charge is 0.296 e. The maximum atomic E-state index is 14.7. The van der Waals surface area contributed by atoms with Gasteiger partial charge >= 0.3 is 0 Å². The third-order valence-electron chi connectivity index (χ3n) is 5.40. The highest BCUT2D eigenvalue weighted by atomic mass is 35.5. The first-order valence-electron chi connectivity index (χ1n) is 10.1. The summed E-state index contributed by atoms with van der Waals surface area (Å²) in [4.78, 5) is 9.97. The number of alkyl halides is 2. The van der Waals surface area contributed by atoms with Crippen LogP contribution in [0.3, 0.4) is 0 Å². The van der Waals surface area contributed by atoms with Gasteiger partial charge in [0, 0.05) is 31.2 Å². The minimum Gasteiger partial charge on any atom is -0.497 e. The van der Waals surface area contributed by atoms with Gasteiger partial charge in [0.15, 0.2) is 6.10 Å². The van der Waals surface area contributed by atoms with E-state index in [2.05, 4.69) is 15.3 Å². The molecule has 176 valence electrons. The lowest BCUT2D eigenvalue weighted by molar-refractivity contribution is -0.134. The Hall–Kier alpha value is -2.98. The highest BCUT2D eigenvalue weighted by Gasteiger charge is 2.45. The van der Waals surface area contributed by atoms with Crippen LogP contribution in [-0.4, -0.2) is 61.3 Å². The molecule has 0 radical (unpaired) electrons. The van der Waals surface area contributed by atoms with Crippen molar-refractivity contribution < 1.29 is 27.4 Å². The molecule has 11 heteroatoms. The van der Waals surface area contributed by atoms with Gasteiger partial charge in [-0.1, -0.05) is 11.6 Å². The van der Waals surface area contributed by atoms with Crippen LogP contribution in [0.25, 0.3) is 10.9 Å². The molecule has 0 saturated carbocycles. The van der Waals surface area contributed by atoms with E-state index < -0.39 is 24.4 Å². The average Bonchev–Trinajstić information content (AvgIpc) is 2.76. The summed E-state index contributed by atoms with van der Waals surface area (Å²) in [5.41, 5.74) is 0.405. The van der Waals surface area contributed by atoms with E-state index in [-0.39, 0.29) is 34.4 Å². The van der Waals surface area contributed by atoms with Crippen molar-refractivity contribution in [2.45, 2.75) is 18.4 Å². The summed E-state index contributed by atoms with van der Waals surface area (Å²) in [5, 5.41) is 3.29. The predicted octanol–water partition coefficient (Wildman–Crippen LogP) is 4.90. The van der Waals surface area contributed by atoms with E-state index in [0.29, 0.717) is 23.2 Å². The van der Waals surface area contributed by atoms with Gasteiger partial charge in [0.2, 0.25) is 0 Å². The largest absolute Gasteiger partial charge is 0.497 e. The molecule has 0 aliphatic carbocycles. The van der Waals surface area contributed by atoms with E-state index >= 15 is 0 Å². The van der Waals surface area contributed by atoms with Crippen LogP contribution in [0, 0.1) is 5.82 Å². The van der Waals surface area contributed by atoms with Crippen molar-refractivity contribution in [3.05, 3.63) is 41.4 Å². The summed E-state index contributed by atoms with van der Waals surface area (Å²) in [6.45, 7) is 0.0382. The zero-order valence-electron chi connectivity index (χ0n) is 18.2. The van der Waals surface area contributed by atoms with Gasteiger partial charge in [-0.25, -0.2) is 23.1 Å². The fraction of sp³-hybridized carbons (Fsp3) is 0.364. The molecule has 0 spiro atoms. The highest BCUT2D eigenvalue weighted by Crippen LogP contribution is 2.40. The Kier molecular flexibility index (Phi) is 6.40. The number of benzene rings is 2. The number of anilines is 2. The summed E-state index contributed by atoms with van der Waals surface area (Å²) < 4.78 is 60.2. The Morgan fingerprint density at radius 2 is 1.91 bits per heavy atom. The monoisotopic (exact) mass is 482 g/mol. The van der Waals surface area contributed by atoms with Crippen molar-refractivity contribution in [2.75, 3.05) is 39.7 Å². The molecule has 1 saturated heterocycles. The number of nitrogens with zero attached hydrogens (tertiary/aromatic N) is 3. The molecule has 4 rings (SSSR count). The van der Waals surface area contributed by atoms with E-state index in [9.17, 15) is 13.2 Å². The quantitative estimate of drug-likeness (QED) is 0.536. The summed E-state index contributed by atoms with van der Waals surface area (Å²) in [6.07, 6.45) is 0.0366. The van der Waals surface area contributed by atoms with Crippen LogP contribution >= 0.6 is 11.6 Å². The third kappa shape index (κ3) is 4.72. The van der Waals surface area contributed by atoms with Crippen LogP contribution in [0.5, 0.6) is 17.2 Å². The van der Waals surface area contributed by atoms with Crippen molar-refractivity contribution in [3.63, 3.8) is 0 Å². The van der Waals surface area contributed by atoms with E-state index in [0.717, 1.165) is 6.07 Å². The van der Waals surface area contributed by atoms with Gasteiger partial charge in [0.05, 0.1) is 42.4 Å². The summed E-state index contributed by atoms with van der Waals surface area (Å²) in [7, 11) is 4.49. The van der Waals surface area contributed by atoms with Crippen LogP contribution in [0.2, 0.25) is 5.02 Å². The molecule has 1 aliphatic heterocycles. The molecule has 1 aliphatic rings. The molecule has 2 aromatic carbocycles. The first-order chi connectivity index (χ1) is 15.7.